The van der Waals surface area contributed by atoms with Gasteiger partial charge in [0, 0.05) is 0 Å². The van der Waals surface area contributed by atoms with E-state index in [-0.39, 0.29) is 11.5 Å². The zero-order chi connectivity index (χ0) is 10.7. The standard InChI is InChI=1S/C14H26O/c1-14(10-6-3-7-11-14)13(15)12-8-4-2-5-9-12/h12-13,15H,2-11H2,1H3. The molecule has 2 rings (SSSR count). The van der Waals surface area contributed by atoms with Gasteiger partial charge in [0.25, 0.3) is 0 Å². The average molecular weight is 210 g/mol. The van der Waals surface area contributed by atoms with Gasteiger partial charge in [-0.15, -0.1) is 0 Å². The molecule has 1 N–H and O–H groups in total. The topological polar surface area (TPSA) is 20.2 Å². The third-order valence-corrected chi connectivity index (χ3v) is 4.81. The summed E-state index contributed by atoms with van der Waals surface area (Å²) in [5, 5.41) is 10.6. The first-order valence-electron chi connectivity index (χ1n) is 6.90. The van der Waals surface area contributed by atoms with Gasteiger partial charge >= 0.3 is 0 Å². The highest BCUT2D eigenvalue weighted by Gasteiger charge is 2.38. The van der Waals surface area contributed by atoms with Crippen molar-refractivity contribution < 1.29 is 5.11 Å². The maximum absolute atomic E-state index is 10.6. The summed E-state index contributed by atoms with van der Waals surface area (Å²) in [6, 6.07) is 0. The molecular formula is C14H26O. The molecule has 0 aromatic heterocycles. The van der Waals surface area contributed by atoms with E-state index >= 15 is 0 Å². The van der Waals surface area contributed by atoms with Crippen molar-refractivity contribution in [2.24, 2.45) is 11.3 Å². The molecule has 88 valence electrons. The van der Waals surface area contributed by atoms with Crippen LogP contribution in [0.5, 0.6) is 0 Å². The van der Waals surface area contributed by atoms with E-state index in [0.717, 1.165) is 0 Å². The number of aliphatic hydroxyl groups is 1. The Labute approximate surface area is 94.3 Å². The smallest absolute Gasteiger partial charge is 0.0621 e. The first-order valence-corrected chi connectivity index (χ1v) is 6.90. The molecule has 2 fully saturated rings. The van der Waals surface area contributed by atoms with Crippen molar-refractivity contribution in [2.75, 3.05) is 0 Å². The Morgan fingerprint density at radius 3 is 2.07 bits per heavy atom. The molecule has 1 heteroatoms. The molecule has 0 aliphatic heterocycles. The number of rotatable bonds is 2. The quantitative estimate of drug-likeness (QED) is 0.733. The average Bonchev–Trinajstić information content (AvgIpc) is 2.30. The Kier molecular flexibility index (Phi) is 3.71. The Hall–Kier alpha value is -0.0400. The molecule has 0 bridgehead atoms. The normalized spacial score (nSPS) is 30.0. The zero-order valence-electron chi connectivity index (χ0n) is 10.2. The predicted octanol–water partition coefficient (Wildman–Crippen LogP) is 3.90. The number of hydrogen-bond acceptors (Lipinski definition) is 1. The molecule has 2 aliphatic carbocycles. The lowest BCUT2D eigenvalue weighted by Gasteiger charge is -2.42. The monoisotopic (exact) mass is 210 g/mol. The molecule has 0 radical (unpaired) electrons. The van der Waals surface area contributed by atoms with Gasteiger partial charge in [-0.3, -0.25) is 0 Å². The lowest BCUT2D eigenvalue weighted by Crippen LogP contribution is -2.40. The molecule has 0 saturated heterocycles. The van der Waals surface area contributed by atoms with E-state index in [4.69, 9.17) is 0 Å². The van der Waals surface area contributed by atoms with Crippen LogP contribution in [0, 0.1) is 11.3 Å². The molecule has 1 atom stereocenters. The third kappa shape index (κ3) is 2.55. The van der Waals surface area contributed by atoms with Gasteiger partial charge in [0.1, 0.15) is 0 Å². The summed E-state index contributed by atoms with van der Waals surface area (Å²) in [5.74, 6) is 0.613. The highest BCUT2D eigenvalue weighted by atomic mass is 16.3. The molecule has 2 saturated carbocycles. The Morgan fingerprint density at radius 2 is 1.47 bits per heavy atom. The van der Waals surface area contributed by atoms with Crippen molar-refractivity contribution in [1.29, 1.82) is 0 Å². The largest absolute Gasteiger partial charge is 0.392 e. The van der Waals surface area contributed by atoms with Crippen LogP contribution in [0.3, 0.4) is 0 Å². The molecule has 1 unspecified atom stereocenters. The van der Waals surface area contributed by atoms with Crippen LogP contribution in [0.25, 0.3) is 0 Å². The number of hydrogen-bond donors (Lipinski definition) is 1. The first-order chi connectivity index (χ1) is 7.22. The van der Waals surface area contributed by atoms with Crippen LogP contribution in [0.4, 0.5) is 0 Å². The summed E-state index contributed by atoms with van der Waals surface area (Å²) in [6.07, 6.45) is 13.2. The van der Waals surface area contributed by atoms with Crippen molar-refractivity contribution in [3.8, 4) is 0 Å². The van der Waals surface area contributed by atoms with Crippen molar-refractivity contribution in [2.45, 2.75) is 77.2 Å². The summed E-state index contributed by atoms with van der Waals surface area (Å²) in [5.41, 5.74) is 0.250. The minimum absolute atomic E-state index is 0.0156. The van der Waals surface area contributed by atoms with Gasteiger partial charge in [-0.05, 0) is 37.0 Å². The van der Waals surface area contributed by atoms with Gasteiger partial charge in [-0.1, -0.05) is 45.4 Å². The van der Waals surface area contributed by atoms with Crippen molar-refractivity contribution >= 4 is 0 Å². The second kappa shape index (κ2) is 4.86. The van der Waals surface area contributed by atoms with Crippen molar-refractivity contribution in [1.82, 2.24) is 0 Å². The fourth-order valence-electron chi connectivity index (χ4n) is 3.67. The third-order valence-electron chi connectivity index (χ3n) is 4.81. The van der Waals surface area contributed by atoms with Gasteiger partial charge in [-0.25, -0.2) is 0 Å². The Bertz CT molecular complexity index is 188. The van der Waals surface area contributed by atoms with E-state index < -0.39 is 0 Å². The van der Waals surface area contributed by atoms with Crippen LogP contribution < -0.4 is 0 Å². The van der Waals surface area contributed by atoms with Crippen LogP contribution in [0.15, 0.2) is 0 Å². The van der Waals surface area contributed by atoms with E-state index in [9.17, 15) is 5.11 Å². The summed E-state index contributed by atoms with van der Waals surface area (Å²) >= 11 is 0. The highest BCUT2D eigenvalue weighted by Crippen LogP contribution is 2.44. The molecule has 0 aromatic carbocycles. The minimum atomic E-state index is -0.0156. The summed E-state index contributed by atoms with van der Waals surface area (Å²) < 4.78 is 0. The zero-order valence-corrected chi connectivity index (χ0v) is 10.2. The maximum atomic E-state index is 10.6. The molecule has 0 spiro atoms. The molecule has 0 amide bonds. The van der Waals surface area contributed by atoms with E-state index in [1.807, 2.05) is 0 Å². The lowest BCUT2D eigenvalue weighted by atomic mass is 9.66. The van der Waals surface area contributed by atoms with Crippen LogP contribution in [-0.2, 0) is 0 Å². The fraction of sp³-hybridized carbons (Fsp3) is 1.00. The first kappa shape index (κ1) is 11.4. The van der Waals surface area contributed by atoms with E-state index in [1.54, 1.807) is 0 Å². The van der Waals surface area contributed by atoms with Crippen molar-refractivity contribution in [3.63, 3.8) is 0 Å². The molecule has 15 heavy (non-hydrogen) atoms. The van der Waals surface area contributed by atoms with E-state index in [0.29, 0.717) is 5.92 Å². The van der Waals surface area contributed by atoms with Gasteiger partial charge < -0.3 is 5.11 Å². The molecule has 0 heterocycles. The van der Waals surface area contributed by atoms with E-state index in [2.05, 4.69) is 6.92 Å². The second-order valence-electron chi connectivity index (χ2n) is 6.06. The fourth-order valence-corrected chi connectivity index (χ4v) is 3.67. The lowest BCUT2D eigenvalue weighted by molar-refractivity contribution is -0.0408. The Balaban J connectivity index is 1.94. The number of aliphatic hydroxyl groups excluding tert-OH is 1. The molecule has 2 aliphatic rings. The van der Waals surface area contributed by atoms with Crippen molar-refractivity contribution in [3.05, 3.63) is 0 Å². The summed E-state index contributed by atoms with van der Waals surface area (Å²) in [4.78, 5) is 0. The van der Waals surface area contributed by atoms with Crippen LogP contribution in [-0.4, -0.2) is 11.2 Å². The predicted molar refractivity (Wildman–Crippen MR) is 63.8 cm³/mol. The van der Waals surface area contributed by atoms with Gasteiger partial charge in [0.05, 0.1) is 6.10 Å². The summed E-state index contributed by atoms with van der Waals surface area (Å²) in [7, 11) is 0. The van der Waals surface area contributed by atoms with Crippen LogP contribution in [0.2, 0.25) is 0 Å². The molecular weight excluding hydrogens is 184 g/mol. The van der Waals surface area contributed by atoms with Crippen LogP contribution in [0.1, 0.15) is 71.1 Å². The minimum Gasteiger partial charge on any atom is -0.392 e. The molecule has 1 nitrogen and oxygen atoms in total. The second-order valence-corrected chi connectivity index (χ2v) is 6.06. The SMILES string of the molecule is CC1(C(O)C2CCCCC2)CCCCC1. The van der Waals surface area contributed by atoms with E-state index in [1.165, 1.54) is 64.2 Å². The van der Waals surface area contributed by atoms with Gasteiger partial charge in [0.15, 0.2) is 0 Å². The van der Waals surface area contributed by atoms with Crippen LogP contribution >= 0.6 is 0 Å². The highest BCUT2D eigenvalue weighted by molar-refractivity contribution is 4.89. The molecule has 0 aromatic rings. The van der Waals surface area contributed by atoms with Gasteiger partial charge in [0.2, 0.25) is 0 Å². The van der Waals surface area contributed by atoms with Gasteiger partial charge in [-0.2, -0.15) is 0 Å². The maximum Gasteiger partial charge on any atom is 0.0621 e. The Morgan fingerprint density at radius 1 is 0.933 bits per heavy atom. The summed E-state index contributed by atoms with van der Waals surface area (Å²) in [6.45, 7) is 2.32.